The van der Waals surface area contributed by atoms with Crippen LogP contribution in [0.25, 0.3) is 0 Å². The maximum atomic E-state index is 11.7. The molecule has 2 nitrogen and oxygen atoms in total. The van der Waals surface area contributed by atoms with Crippen LogP contribution in [0.2, 0.25) is 0 Å². The van der Waals surface area contributed by atoms with Crippen molar-refractivity contribution in [2.45, 2.75) is 18.7 Å². The zero-order valence-electron chi connectivity index (χ0n) is 9.57. The van der Waals surface area contributed by atoms with Crippen LogP contribution in [0.3, 0.4) is 0 Å². The molecule has 0 aliphatic rings. The van der Waals surface area contributed by atoms with E-state index in [0.29, 0.717) is 5.75 Å². The average molecular weight is 302 g/mol. The monoisotopic (exact) mass is 301 g/mol. The summed E-state index contributed by atoms with van der Waals surface area (Å²) in [5, 5.41) is 0. The van der Waals surface area contributed by atoms with Gasteiger partial charge in [-0.3, -0.25) is 4.79 Å². The third-order valence-electron chi connectivity index (χ3n) is 2.29. The van der Waals surface area contributed by atoms with Crippen LogP contribution >= 0.6 is 27.7 Å². The number of benzene rings is 1. The van der Waals surface area contributed by atoms with Crippen molar-refractivity contribution < 1.29 is 4.79 Å². The molecule has 1 amide bonds. The molecule has 0 atom stereocenters. The van der Waals surface area contributed by atoms with Gasteiger partial charge in [0.25, 0.3) is 0 Å². The Morgan fingerprint density at radius 2 is 1.81 bits per heavy atom. The van der Waals surface area contributed by atoms with Gasteiger partial charge in [0.2, 0.25) is 5.91 Å². The van der Waals surface area contributed by atoms with Gasteiger partial charge in [-0.2, -0.15) is 0 Å². The van der Waals surface area contributed by atoms with Crippen molar-refractivity contribution in [2.75, 3.05) is 18.8 Å². The Labute approximate surface area is 110 Å². The van der Waals surface area contributed by atoms with E-state index in [4.69, 9.17) is 0 Å². The normalized spacial score (nSPS) is 10.2. The van der Waals surface area contributed by atoms with Gasteiger partial charge >= 0.3 is 0 Å². The van der Waals surface area contributed by atoms with Crippen LogP contribution in [0.5, 0.6) is 0 Å². The molecule has 0 aromatic heterocycles. The van der Waals surface area contributed by atoms with Gasteiger partial charge in [0.05, 0.1) is 5.75 Å². The molecule has 16 heavy (non-hydrogen) atoms. The molecule has 1 rings (SSSR count). The van der Waals surface area contributed by atoms with Gasteiger partial charge in [-0.25, -0.2) is 0 Å². The Morgan fingerprint density at radius 3 is 2.31 bits per heavy atom. The second kappa shape index (κ2) is 6.97. The highest BCUT2D eigenvalue weighted by Crippen LogP contribution is 2.20. The minimum atomic E-state index is 0.206. The summed E-state index contributed by atoms with van der Waals surface area (Å²) in [4.78, 5) is 14.7. The van der Waals surface area contributed by atoms with Crippen LogP contribution in [-0.4, -0.2) is 29.6 Å². The zero-order chi connectivity index (χ0) is 12.0. The predicted molar refractivity (Wildman–Crippen MR) is 72.8 cm³/mol. The Balaban J connectivity index is 2.45. The molecule has 0 aliphatic heterocycles. The van der Waals surface area contributed by atoms with Gasteiger partial charge < -0.3 is 4.90 Å². The maximum Gasteiger partial charge on any atom is 0.232 e. The molecule has 1 aromatic carbocycles. The van der Waals surface area contributed by atoms with E-state index >= 15 is 0 Å². The van der Waals surface area contributed by atoms with Crippen LogP contribution in [0.1, 0.15) is 13.8 Å². The van der Waals surface area contributed by atoms with Crippen molar-refractivity contribution in [2.24, 2.45) is 0 Å². The summed E-state index contributed by atoms with van der Waals surface area (Å²) >= 11 is 4.97. The summed E-state index contributed by atoms with van der Waals surface area (Å²) in [6, 6.07) is 8.02. The second-order valence-electron chi connectivity index (χ2n) is 3.31. The summed E-state index contributed by atoms with van der Waals surface area (Å²) in [5.74, 6) is 0.724. The highest BCUT2D eigenvalue weighted by atomic mass is 79.9. The number of halogens is 1. The number of rotatable bonds is 5. The lowest BCUT2D eigenvalue weighted by molar-refractivity contribution is -0.127. The van der Waals surface area contributed by atoms with E-state index in [1.807, 2.05) is 43.0 Å². The molecule has 0 saturated carbocycles. The van der Waals surface area contributed by atoms with Gasteiger partial charge in [-0.15, -0.1) is 11.8 Å². The van der Waals surface area contributed by atoms with Crippen LogP contribution in [-0.2, 0) is 4.79 Å². The van der Waals surface area contributed by atoms with Crippen LogP contribution in [0, 0.1) is 0 Å². The first kappa shape index (κ1) is 13.6. The average Bonchev–Trinajstić information content (AvgIpc) is 2.30. The minimum absolute atomic E-state index is 0.206. The quantitative estimate of drug-likeness (QED) is 0.777. The Bertz CT molecular complexity index is 335. The smallest absolute Gasteiger partial charge is 0.232 e. The third kappa shape index (κ3) is 4.18. The van der Waals surface area contributed by atoms with Crippen molar-refractivity contribution >= 4 is 33.6 Å². The summed E-state index contributed by atoms with van der Waals surface area (Å²) in [5.41, 5.74) is 0. The highest BCUT2D eigenvalue weighted by molar-refractivity contribution is 9.10. The fourth-order valence-corrected chi connectivity index (χ4v) is 2.41. The van der Waals surface area contributed by atoms with E-state index in [1.54, 1.807) is 11.8 Å². The van der Waals surface area contributed by atoms with E-state index in [-0.39, 0.29) is 5.91 Å². The summed E-state index contributed by atoms with van der Waals surface area (Å²) in [6.07, 6.45) is 0. The lowest BCUT2D eigenvalue weighted by atomic mass is 10.4. The van der Waals surface area contributed by atoms with Gasteiger partial charge in [0, 0.05) is 22.5 Å². The SMILES string of the molecule is CCN(CC)C(=O)CSc1ccc(Br)cc1. The third-order valence-corrected chi connectivity index (χ3v) is 3.82. The predicted octanol–water partition coefficient (Wildman–Crippen LogP) is 3.41. The van der Waals surface area contributed by atoms with Crippen molar-refractivity contribution in [1.82, 2.24) is 4.90 Å². The molecule has 4 heteroatoms. The van der Waals surface area contributed by atoms with Crippen LogP contribution in [0.4, 0.5) is 0 Å². The van der Waals surface area contributed by atoms with E-state index < -0.39 is 0 Å². The maximum absolute atomic E-state index is 11.7. The molecule has 0 fully saturated rings. The lowest BCUT2D eigenvalue weighted by Crippen LogP contribution is -2.31. The largest absolute Gasteiger partial charge is 0.343 e. The van der Waals surface area contributed by atoms with Crippen LogP contribution < -0.4 is 0 Å². The molecule has 0 aliphatic carbocycles. The molecule has 1 aromatic rings. The van der Waals surface area contributed by atoms with E-state index in [2.05, 4.69) is 15.9 Å². The van der Waals surface area contributed by atoms with Gasteiger partial charge in [-0.05, 0) is 38.1 Å². The molecule has 0 radical (unpaired) electrons. The number of carbonyl (C=O) groups excluding carboxylic acids is 1. The standard InChI is InChI=1S/C12H16BrNOS/c1-3-14(4-2)12(15)9-16-11-7-5-10(13)6-8-11/h5-8H,3-4,9H2,1-2H3. The first-order chi connectivity index (χ1) is 7.67. The summed E-state index contributed by atoms with van der Waals surface area (Å²) < 4.78 is 1.06. The second-order valence-corrected chi connectivity index (χ2v) is 5.27. The molecule has 88 valence electrons. The van der Waals surface area contributed by atoms with Crippen molar-refractivity contribution in [3.63, 3.8) is 0 Å². The first-order valence-electron chi connectivity index (χ1n) is 5.33. The highest BCUT2D eigenvalue weighted by Gasteiger charge is 2.09. The topological polar surface area (TPSA) is 20.3 Å². The Hall–Kier alpha value is -0.480. The van der Waals surface area contributed by atoms with Crippen molar-refractivity contribution in [3.05, 3.63) is 28.7 Å². The van der Waals surface area contributed by atoms with E-state index in [9.17, 15) is 4.79 Å². The molecular weight excluding hydrogens is 286 g/mol. The van der Waals surface area contributed by atoms with E-state index in [0.717, 1.165) is 22.5 Å². The molecule has 0 saturated heterocycles. The minimum Gasteiger partial charge on any atom is -0.343 e. The molecule has 0 N–H and O–H groups in total. The number of amides is 1. The van der Waals surface area contributed by atoms with Gasteiger partial charge in [0.15, 0.2) is 0 Å². The van der Waals surface area contributed by atoms with Gasteiger partial charge in [-0.1, -0.05) is 15.9 Å². The van der Waals surface area contributed by atoms with Crippen molar-refractivity contribution in [1.29, 1.82) is 0 Å². The number of hydrogen-bond acceptors (Lipinski definition) is 2. The van der Waals surface area contributed by atoms with Gasteiger partial charge in [0.1, 0.15) is 0 Å². The fraction of sp³-hybridized carbons (Fsp3) is 0.417. The fourth-order valence-electron chi connectivity index (χ4n) is 1.34. The molecule has 0 bridgehead atoms. The number of hydrogen-bond donors (Lipinski definition) is 0. The number of thioether (sulfide) groups is 1. The van der Waals surface area contributed by atoms with E-state index in [1.165, 1.54) is 0 Å². The number of nitrogens with zero attached hydrogens (tertiary/aromatic N) is 1. The summed E-state index contributed by atoms with van der Waals surface area (Å²) in [7, 11) is 0. The Kier molecular flexibility index (Phi) is 5.91. The Morgan fingerprint density at radius 1 is 1.25 bits per heavy atom. The zero-order valence-corrected chi connectivity index (χ0v) is 12.0. The first-order valence-corrected chi connectivity index (χ1v) is 7.11. The molecule has 0 heterocycles. The van der Waals surface area contributed by atoms with Crippen LogP contribution in [0.15, 0.2) is 33.6 Å². The number of carbonyl (C=O) groups is 1. The molecule has 0 unspecified atom stereocenters. The molecular formula is C12H16BrNOS. The van der Waals surface area contributed by atoms with Crippen molar-refractivity contribution in [3.8, 4) is 0 Å². The lowest BCUT2D eigenvalue weighted by Gasteiger charge is -2.18. The molecule has 0 spiro atoms. The summed E-state index contributed by atoms with van der Waals surface area (Å²) in [6.45, 7) is 5.59.